The highest BCUT2D eigenvalue weighted by atomic mass is 16.5. The molecule has 2 N–H and O–H groups in total. The summed E-state index contributed by atoms with van der Waals surface area (Å²) in [6, 6.07) is 29.6. The van der Waals surface area contributed by atoms with Crippen molar-refractivity contribution in [2.45, 2.75) is 36.9 Å². The number of benzene rings is 3. The van der Waals surface area contributed by atoms with Crippen molar-refractivity contribution in [1.82, 2.24) is 0 Å². The molecule has 2 heterocycles. The molecule has 2 bridgehead atoms. The minimum Gasteiger partial charge on any atom is -0.385 e. The molecule has 3 nitrogen and oxygen atoms in total. The number of rotatable bonds is 10. The van der Waals surface area contributed by atoms with Crippen molar-refractivity contribution in [2.24, 2.45) is 0 Å². The fourth-order valence-corrected chi connectivity index (χ4v) is 4.99. The minimum absolute atomic E-state index is 0.276. The summed E-state index contributed by atoms with van der Waals surface area (Å²) in [7, 11) is 0. The van der Waals surface area contributed by atoms with Crippen LogP contribution in [0.25, 0.3) is 0 Å². The molecule has 2 aliphatic rings. The van der Waals surface area contributed by atoms with Crippen LogP contribution in [0.5, 0.6) is 0 Å². The van der Waals surface area contributed by atoms with E-state index >= 15 is 0 Å². The maximum absolute atomic E-state index is 6.86. The van der Waals surface area contributed by atoms with Crippen molar-refractivity contribution in [2.75, 3.05) is 23.7 Å². The molecule has 3 aromatic rings. The number of anilines is 2. The number of fused-ring (bicyclic) bond motifs is 5. The van der Waals surface area contributed by atoms with E-state index in [0.717, 1.165) is 38.8 Å². The molecule has 2 aliphatic heterocycles. The van der Waals surface area contributed by atoms with Gasteiger partial charge in [0.15, 0.2) is 0 Å². The number of hydrogen-bond donors (Lipinski definition) is 2. The maximum Gasteiger partial charge on any atom is 0.113 e. The molecular formula is C28H30N2O. The second-order valence-electron chi connectivity index (χ2n) is 8.55. The van der Waals surface area contributed by atoms with Gasteiger partial charge in [-0.25, -0.2) is 0 Å². The lowest BCUT2D eigenvalue weighted by molar-refractivity contribution is -0.0796. The fraction of sp³-hybridized carbons (Fsp3) is 0.286. The predicted molar refractivity (Wildman–Crippen MR) is 128 cm³/mol. The Balaban J connectivity index is 1.21. The van der Waals surface area contributed by atoms with Gasteiger partial charge in [0.05, 0.1) is 0 Å². The van der Waals surface area contributed by atoms with Gasteiger partial charge in [0.2, 0.25) is 0 Å². The van der Waals surface area contributed by atoms with Crippen molar-refractivity contribution >= 4 is 11.4 Å². The van der Waals surface area contributed by atoms with E-state index < -0.39 is 0 Å². The van der Waals surface area contributed by atoms with E-state index in [1.807, 2.05) is 12.1 Å². The van der Waals surface area contributed by atoms with E-state index in [4.69, 9.17) is 4.74 Å². The van der Waals surface area contributed by atoms with Crippen LogP contribution in [-0.2, 0) is 15.9 Å². The number of hydrogen-bond acceptors (Lipinski definition) is 3. The molecule has 2 atom stereocenters. The van der Waals surface area contributed by atoms with Crippen LogP contribution in [-0.4, -0.2) is 13.1 Å². The Labute approximate surface area is 185 Å². The molecule has 5 rings (SSSR count). The molecule has 31 heavy (non-hydrogen) atoms. The van der Waals surface area contributed by atoms with Gasteiger partial charge < -0.3 is 15.4 Å². The van der Waals surface area contributed by atoms with Crippen molar-refractivity contribution in [1.29, 1.82) is 0 Å². The van der Waals surface area contributed by atoms with Crippen molar-refractivity contribution in [3.05, 3.63) is 108 Å². The standard InChI is InChI=1S/C28H30N2O/c1-3-11-23(12-4-1)29-21-9-17-27-19-20-28(31-27,26-16-8-7-15-25(26)27)18-10-22-30-24-13-5-2-6-14-24/h1-8,11-16,19-20,29-30H,9-10,17-18,21-22H2. The Morgan fingerprint density at radius 2 is 0.968 bits per heavy atom. The third-order valence-electron chi connectivity index (χ3n) is 6.48. The average molecular weight is 411 g/mol. The molecule has 0 radical (unpaired) electrons. The van der Waals surface area contributed by atoms with E-state index in [2.05, 4.69) is 95.6 Å². The topological polar surface area (TPSA) is 33.3 Å². The summed E-state index contributed by atoms with van der Waals surface area (Å²) < 4.78 is 6.86. The molecule has 0 aliphatic carbocycles. The first-order valence-electron chi connectivity index (χ1n) is 11.4. The van der Waals surface area contributed by atoms with Gasteiger partial charge in [-0.05, 0) is 73.2 Å². The second kappa shape index (κ2) is 8.60. The highest BCUT2D eigenvalue weighted by Crippen LogP contribution is 2.57. The Morgan fingerprint density at radius 3 is 1.42 bits per heavy atom. The molecule has 0 fully saturated rings. The van der Waals surface area contributed by atoms with Gasteiger partial charge in [-0.3, -0.25) is 0 Å². The summed E-state index contributed by atoms with van der Waals surface area (Å²) in [5, 5.41) is 7.05. The molecule has 0 saturated carbocycles. The average Bonchev–Trinajstić information content (AvgIpc) is 3.34. The predicted octanol–water partition coefficient (Wildman–Crippen LogP) is 6.46. The minimum atomic E-state index is -0.276. The lowest BCUT2D eigenvalue weighted by atomic mass is 9.78. The SMILES string of the molecule is C1=CC2(CCCNc3ccccc3)OC1(CCCNc1ccccc1)c1ccccc12. The highest BCUT2D eigenvalue weighted by Gasteiger charge is 2.54. The summed E-state index contributed by atoms with van der Waals surface area (Å²) in [6.07, 6.45) is 8.73. The quantitative estimate of drug-likeness (QED) is 0.297. The van der Waals surface area contributed by atoms with E-state index in [1.165, 1.54) is 22.5 Å². The maximum atomic E-state index is 6.86. The largest absolute Gasteiger partial charge is 0.385 e. The normalized spacial score (nSPS) is 23.0. The van der Waals surface area contributed by atoms with Gasteiger partial charge in [0, 0.05) is 24.5 Å². The number of nitrogens with one attached hydrogen (secondary N) is 2. The van der Waals surface area contributed by atoms with Crippen LogP contribution in [0.2, 0.25) is 0 Å². The summed E-state index contributed by atoms with van der Waals surface area (Å²) in [5.41, 5.74) is 4.51. The molecule has 0 aromatic heterocycles. The molecular weight excluding hydrogens is 380 g/mol. The van der Waals surface area contributed by atoms with Gasteiger partial charge >= 0.3 is 0 Å². The third-order valence-corrected chi connectivity index (χ3v) is 6.48. The molecule has 0 amide bonds. The molecule has 0 spiro atoms. The van der Waals surface area contributed by atoms with Crippen LogP contribution in [0.3, 0.4) is 0 Å². The monoisotopic (exact) mass is 410 g/mol. The Kier molecular flexibility index (Phi) is 5.52. The lowest BCUT2D eigenvalue weighted by Crippen LogP contribution is -2.25. The zero-order chi connectivity index (χ0) is 21.0. The molecule has 2 unspecified atom stereocenters. The van der Waals surface area contributed by atoms with Crippen LogP contribution >= 0.6 is 0 Å². The van der Waals surface area contributed by atoms with Gasteiger partial charge in [-0.2, -0.15) is 0 Å². The van der Waals surface area contributed by atoms with Crippen LogP contribution in [0.4, 0.5) is 11.4 Å². The second-order valence-corrected chi connectivity index (χ2v) is 8.55. The molecule has 3 heteroatoms. The van der Waals surface area contributed by atoms with Gasteiger partial charge in [-0.1, -0.05) is 60.7 Å². The van der Waals surface area contributed by atoms with Crippen molar-refractivity contribution in [3.63, 3.8) is 0 Å². The summed E-state index contributed by atoms with van der Waals surface area (Å²) in [4.78, 5) is 0. The van der Waals surface area contributed by atoms with Crippen LogP contribution in [0, 0.1) is 0 Å². The zero-order valence-corrected chi connectivity index (χ0v) is 17.9. The number of para-hydroxylation sites is 2. The summed E-state index contributed by atoms with van der Waals surface area (Å²) >= 11 is 0. The van der Waals surface area contributed by atoms with Crippen LogP contribution in [0.1, 0.15) is 36.8 Å². The Hall–Kier alpha value is -3.04. The Bertz CT molecular complexity index is 951. The first-order chi connectivity index (χ1) is 15.3. The molecule has 0 saturated heterocycles. The first kappa shape index (κ1) is 19.9. The third kappa shape index (κ3) is 3.98. The highest BCUT2D eigenvalue weighted by molar-refractivity contribution is 5.51. The fourth-order valence-electron chi connectivity index (χ4n) is 4.99. The number of ether oxygens (including phenoxy) is 1. The van der Waals surface area contributed by atoms with E-state index in [-0.39, 0.29) is 11.2 Å². The van der Waals surface area contributed by atoms with E-state index in [9.17, 15) is 0 Å². The van der Waals surface area contributed by atoms with E-state index in [1.54, 1.807) is 0 Å². The van der Waals surface area contributed by atoms with Gasteiger partial charge in [-0.15, -0.1) is 0 Å². The lowest BCUT2D eigenvalue weighted by Gasteiger charge is -2.26. The molecule has 158 valence electrons. The van der Waals surface area contributed by atoms with E-state index in [0.29, 0.717) is 0 Å². The van der Waals surface area contributed by atoms with Gasteiger partial charge in [0.1, 0.15) is 11.2 Å². The smallest absolute Gasteiger partial charge is 0.113 e. The Morgan fingerprint density at radius 1 is 0.548 bits per heavy atom. The summed E-state index contributed by atoms with van der Waals surface area (Å²) in [6.45, 7) is 1.89. The van der Waals surface area contributed by atoms with Gasteiger partial charge in [0.25, 0.3) is 0 Å². The molecule has 3 aromatic carbocycles. The summed E-state index contributed by atoms with van der Waals surface area (Å²) in [5.74, 6) is 0. The zero-order valence-electron chi connectivity index (χ0n) is 17.9. The van der Waals surface area contributed by atoms with Crippen molar-refractivity contribution in [3.8, 4) is 0 Å². The van der Waals surface area contributed by atoms with Crippen molar-refractivity contribution < 1.29 is 4.74 Å². The van der Waals surface area contributed by atoms with Crippen LogP contribution < -0.4 is 10.6 Å². The first-order valence-corrected chi connectivity index (χ1v) is 11.4. The van der Waals surface area contributed by atoms with Crippen LogP contribution in [0.15, 0.2) is 97.1 Å².